The van der Waals surface area contributed by atoms with E-state index in [1.165, 1.54) is 49.7 Å². The van der Waals surface area contributed by atoms with Gasteiger partial charge >= 0.3 is 0 Å². The number of fused-ring (bicyclic) bond motifs is 1. The van der Waals surface area contributed by atoms with Crippen molar-refractivity contribution in [3.05, 3.63) is 70.5 Å². The lowest BCUT2D eigenvalue weighted by Crippen LogP contribution is -2.35. The zero-order valence-electron chi connectivity index (χ0n) is 17.5. The van der Waals surface area contributed by atoms with Crippen molar-refractivity contribution in [2.24, 2.45) is 0 Å². The van der Waals surface area contributed by atoms with Crippen LogP contribution in [0.25, 0.3) is 0 Å². The molecule has 32 heavy (non-hydrogen) atoms. The molecule has 0 unspecified atom stereocenters. The van der Waals surface area contributed by atoms with Crippen molar-refractivity contribution in [1.82, 2.24) is 19.2 Å². The lowest BCUT2D eigenvalue weighted by atomic mass is 10.1. The highest BCUT2D eigenvalue weighted by Crippen LogP contribution is 2.29. The number of hydrogen-bond donors (Lipinski definition) is 1. The summed E-state index contributed by atoms with van der Waals surface area (Å²) >= 11 is 1.33. The van der Waals surface area contributed by atoms with Crippen LogP contribution in [0.15, 0.2) is 53.6 Å². The van der Waals surface area contributed by atoms with Crippen molar-refractivity contribution in [1.29, 1.82) is 0 Å². The molecule has 1 N–H and O–H groups in total. The summed E-state index contributed by atoms with van der Waals surface area (Å²) in [5.74, 6) is -0.519. The monoisotopic (exact) mass is 471 g/mol. The molecular weight excluding hydrogens is 450 g/mol. The van der Waals surface area contributed by atoms with Crippen LogP contribution in [-0.2, 0) is 23.0 Å². The number of nitrogens with zero attached hydrogens (tertiary/aromatic N) is 4. The summed E-state index contributed by atoms with van der Waals surface area (Å²) in [6.07, 6.45) is 2.12. The first kappa shape index (κ1) is 22.1. The first-order chi connectivity index (χ1) is 15.3. The van der Waals surface area contributed by atoms with E-state index in [2.05, 4.69) is 15.3 Å². The minimum absolute atomic E-state index is 0.135. The molecule has 1 aliphatic heterocycles. The summed E-state index contributed by atoms with van der Waals surface area (Å²) in [7, 11) is -0.628. The van der Waals surface area contributed by atoms with Crippen LogP contribution in [-0.4, -0.2) is 60.0 Å². The Balaban J connectivity index is 1.45. The summed E-state index contributed by atoms with van der Waals surface area (Å²) in [4.78, 5) is 36.5. The highest BCUT2D eigenvalue weighted by atomic mass is 32.2. The molecular formula is C21H21N5O4S2. The molecule has 9 nitrogen and oxygen atoms in total. The third-order valence-corrected chi connectivity index (χ3v) is 7.84. The van der Waals surface area contributed by atoms with Crippen molar-refractivity contribution in [3.8, 4) is 0 Å². The Bertz CT molecular complexity index is 1260. The van der Waals surface area contributed by atoms with Gasteiger partial charge in [0.1, 0.15) is 5.69 Å². The maximum Gasteiger partial charge on any atom is 0.276 e. The maximum absolute atomic E-state index is 12.9. The number of nitrogens with one attached hydrogen (secondary N) is 1. The predicted molar refractivity (Wildman–Crippen MR) is 120 cm³/mol. The van der Waals surface area contributed by atoms with Crippen LogP contribution in [0.3, 0.4) is 0 Å². The van der Waals surface area contributed by atoms with Crippen LogP contribution >= 0.6 is 11.3 Å². The van der Waals surface area contributed by atoms with Gasteiger partial charge in [0.15, 0.2) is 5.13 Å². The van der Waals surface area contributed by atoms with E-state index >= 15 is 0 Å². The van der Waals surface area contributed by atoms with E-state index in [0.29, 0.717) is 35.9 Å². The second kappa shape index (κ2) is 8.77. The first-order valence-corrected chi connectivity index (χ1v) is 12.0. The Morgan fingerprint density at radius 3 is 2.53 bits per heavy atom. The van der Waals surface area contributed by atoms with Gasteiger partial charge in [0.2, 0.25) is 10.0 Å². The van der Waals surface area contributed by atoms with Crippen molar-refractivity contribution in [3.63, 3.8) is 0 Å². The molecule has 1 aromatic carbocycles. The average Bonchev–Trinajstić information content (AvgIpc) is 3.20. The molecule has 0 saturated heterocycles. The van der Waals surface area contributed by atoms with E-state index in [4.69, 9.17) is 0 Å². The fraction of sp³-hybridized carbons (Fsp3) is 0.238. The second-order valence-corrected chi connectivity index (χ2v) is 10.6. The standard InChI is InChI=1S/C21H21N5O4S2/c1-25(2)32(29,30)15-8-6-14(7-9-15)20(28)26-12-10-16-18(13-26)31-21(23-16)24-19(27)17-5-3-4-11-22-17/h3-9,11H,10,12-13H2,1-2H3,(H,23,24,27). The quantitative estimate of drug-likeness (QED) is 0.611. The third kappa shape index (κ3) is 4.40. The number of amides is 2. The fourth-order valence-corrected chi connectivity index (χ4v) is 5.16. The molecule has 2 amide bonds. The molecule has 0 bridgehead atoms. The minimum atomic E-state index is -3.55. The largest absolute Gasteiger partial charge is 0.333 e. The average molecular weight is 472 g/mol. The Kier molecular flexibility index (Phi) is 6.04. The highest BCUT2D eigenvalue weighted by Gasteiger charge is 2.26. The number of anilines is 1. The molecule has 11 heteroatoms. The molecule has 0 atom stereocenters. The topological polar surface area (TPSA) is 113 Å². The van der Waals surface area contributed by atoms with Crippen LogP contribution in [0.1, 0.15) is 31.4 Å². The Morgan fingerprint density at radius 2 is 1.88 bits per heavy atom. The van der Waals surface area contributed by atoms with E-state index < -0.39 is 10.0 Å². The van der Waals surface area contributed by atoms with Crippen LogP contribution < -0.4 is 5.32 Å². The van der Waals surface area contributed by atoms with Crippen molar-refractivity contribution >= 4 is 38.3 Å². The number of rotatable bonds is 5. The number of aromatic nitrogens is 2. The number of pyridine rings is 1. The minimum Gasteiger partial charge on any atom is -0.333 e. The number of carbonyl (C=O) groups excluding carboxylic acids is 2. The van der Waals surface area contributed by atoms with E-state index in [1.807, 2.05) is 0 Å². The molecule has 0 saturated carbocycles. The van der Waals surface area contributed by atoms with E-state index in [-0.39, 0.29) is 16.7 Å². The number of sulfonamides is 1. The van der Waals surface area contributed by atoms with Gasteiger partial charge < -0.3 is 4.90 Å². The number of hydrogen-bond acceptors (Lipinski definition) is 7. The number of benzene rings is 1. The van der Waals surface area contributed by atoms with E-state index in [1.54, 1.807) is 29.3 Å². The van der Waals surface area contributed by atoms with Crippen molar-refractivity contribution in [2.75, 3.05) is 26.0 Å². The third-order valence-electron chi connectivity index (χ3n) is 5.02. The first-order valence-electron chi connectivity index (χ1n) is 9.78. The maximum atomic E-state index is 12.9. The van der Waals surface area contributed by atoms with Crippen molar-refractivity contribution < 1.29 is 18.0 Å². The molecule has 0 spiro atoms. The normalized spacial score (nSPS) is 13.7. The molecule has 0 aliphatic carbocycles. The molecule has 0 fully saturated rings. The van der Waals surface area contributed by atoms with Gasteiger partial charge in [0.25, 0.3) is 11.8 Å². The van der Waals surface area contributed by atoms with Crippen LogP contribution in [0.4, 0.5) is 5.13 Å². The van der Waals surface area contributed by atoms with Gasteiger partial charge in [-0.05, 0) is 36.4 Å². The number of thiazole rings is 1. The summed E-state index contributed by atoms with van der Waals surface area (Å²) in [5.41, 5.74) is 1.58. The molecule has 3 heterocycles. The van der Waals surface area contributed by atoms with Gasteiger partial charge in [-0.25, -0.2) is 17.7 Å². The zero-order valence-corrected chi connectivity index (χ0v) is 19.1. The summed E-state index contributed by atoms with van der Waals surface area (Å²) in [6, 6.07) is 11.0. The van der Waals surface area contributed by atoms with Crippen LogP contribution in [0.5, 0.6) is 0 Å². The Labute approximate surface area is 189 Å². The zero-order chi connectivity index (χ0) is 22.9. The van der Waals surface area contributed by atoms with Gasteiger partial charge in [-0.15, -0.1) is 0 Å². The summed E-state index contributed by atoms with van der Waals surface area (Å²) in [6.45, 7) is 0.865. The Morgan fingerprint density at radius 1 is 1.12 bits per heavy atom. The van der Waals surface area contributed by atoms with Gasteiger partial charge in [0, 0.05) is 43.7 Å². The fourth-order valence-electron chi connectivity index (χ4n) is 3.24. The molecule has 166 valence electrons. The van der Waals surface area contributed by atoms with Gasteiger partial charge in [0.05, 0.1) is 17.1 Å². The van der Waals surface area contributed by atoms with Gasteiger partial charge in [-0.1, -0.05) is 17.4 Å². The van der Waals surface area contributed by atoms with Crippen molar-refractivity contribution in [2.45, 2.75) is 17.9 Å². The van der Waals surface area contributed by atoms with E-state index in [0.717, 1.165) is 14.9 Å². The molecule has 0 radical (unpaired) electrons. The second-order valence-electron chi connectivity index (χ2n) is 7.35. The SMILES string of the molecule is CN(C)S(=O)(=O)c1ccc(C(=O)N2CCc3nc(NC(=O)c4ccccn4)sc3C2)cc1. The van der Waals surface area contributed by atoms with Crippen LogP contribution in [0.2, 0.25) is 0 Å². The molecule has 1 aliphatic rings. The summed E-state index contributed by atoms with van der Waals surface area (Å²) in [5, 5.41) is 3.23. The predicted octanol–water partition coefficient (Wildman–Crippen LogP) is 2.24. The Hall–Kier alpha value is -3.15. The highest BCUT2D eigenvalue weighted by molar-refractivity contribution is 7.89. The lowest BCUT2D eigenvalue weighted by molar-refractivity contribution is 0.0736. The molecule has 2 aromatic heterocycles. The molecule has 4 rings (SSSR count). The van der Waals surface area contributed by atoms with Crippen LogP contribution in [0, 0.1) is 0 Å². The smallest absolute Gasteiger partial charge is 0.276 e. The van der Waals surface area contributed by atoms with Gasteiger partial charge in [-0.2, -0.15) is 0 Å². The molecule has 3 aromatic rings. The van der Waals surface area contributed by atoms with Gasteiger partial charge in [-0.3, -0.25) is 19.9 Å². The number of carbonyl (C=O) groups is 2. The van der Waals surface area contributed by atoms with E-state index in [9.17, 15) is 18.0 Å². The summed E-state index contributed by atoms with van der Waals surface area (Å²) < 4.78 is 25.6. The lowest BCUT2D eigenvalue weighted by Gasteiger charge is -2.26.